The number of hydrogen-bond donors (Lipinski definition) is 1. The summed E-state index contributed by atoms with van der Waals surface area (Å²) in [4.78, 5) is 11.7. The quantitative estimate of drug-likeness (QED) is 0.794. The molecule has 22 heavy (non-hydrogen) atoms. The van der Waals surface area contributed by atoms with E-state index in [2.05, 4.69) is 5.32 Å². The monoisotopic (exact) mass is 341 g/mol. The summed E-state index contributed by atoms with van der Waals surface area (Å²) < 4.78 is 26.8. The van der Waals surface area contributed by atoms with Crippen molar-refractivity contribution >= 4 is 29.3 Å². The Kier molecular flexibility index (Phi) is 6.21. The normalized spacial score (nSPS) is 10.5. The van der Waals surface area contributed by atoms with E-state index in [4.69, 9.17) is 11.6 Å². The summed E-state index contributed by atoms with van der Waals surface area (Å²) >= 11 is 7.41. The van der Waals surface area contributed by atoms with Crippen molar-refractivity contribution in [1.82, 2.24) is 5.32 Å². The van der Waals surface area contributed by atoms with Gasteiger partial charge in [-0.25, -0.2) is 8.78 Å². The van der Waals surface area contributed by atoms with Crippen LogP contribution in [0.5, 0.6) is 0 Å². The Hall–Kier alpha value is -1.59. The molecule has 2 nitrogen and oxygen atoms in total. The maximum absolute atomic E-state index is 13.4. The summed E-state index contributed by atoms with van der Waals surface area (Å²) in [6.07, 6.45) is 0. The SMILES string of the molecule is O=C(NCCSCc1ccc(Cl)cc1)c1c(F)cccc1F. The number of nitrogens with one attached hydrogen (secondary N) is 1. The molecule has 0 aromatic heterocycles. The number of thioether (sulfide) groups is 1. The lowest BCUT2D eigenvalue weighted by Crippen LogP contribution is -2.27. The summed E-state index contributed by atoms with van der Waals surface area (Å²) in [5, 5.41) is 3.20. The summed E-state index contributed by atoms with van der Waals surface area (Å²) in [6, 6.07) is 10.9. The molecule has 0 heterocycles. The molecule has 2 rings (SSSR count). The molecule has 0 aliphatic rings. The van der Waals surface area contributed by atoms with Crippen LogP contribution >= 0.6 is 23.4 Å². The number of amides is 1. The van der Waals surface area contributed by atoms with Gasteiger partial charge in [-0.3, -0.25) is 4.79 Å². The van der Waals surface area contributed by atoms with Crippen molar-refractivity contribution in [3.05, 3.63) is 70.2 Å². The van der Waals surface area contributed by atoms with E-state index in [-0.39, 0.29) is 0 Å². The van der Waals surface area contributed by atoms with Crippen LogP contribution in [0.3, 0.4) is 0 Å². The molecule has 2 aromatic rings. The Morgan fingerprint density at radius 2 is 1.73 bits per heavy atom. The molecule has 0 aliphatic heterocycles. The van der Waals surface area contributed by atoms with Gasteiger partial charge in [-0.2, -0.15) is 11.8 Å². The molecule has 2 aromatic carbocycles. The van der Waals surface area contributed by atoms with Crippen molar-refractivity contribution in [3.8, 4) is 0 Å². The smallest absolute Gasteiger partial charge is 0.257 e. The van der Waals surface area contributed by atoms with E-state index in [0.29, 0.717) is 17.3 Å². The summed E-state index contributed by atoms with van der Waals surface area (Å²) in [5.74, 6) is -1.02. The van der Waals surface area contributed by atoms with E-state index in [9.17, 15) is 13.6 Å². The van der Waals surface area contributed by atoms with E-state index in [1.54, 1.807) is 11.8 Å². The van der Waals surface area contributed by atoms with E-state index in [1.807, 2.05) is 24.3 Å². The third-order valence-corrected chi connectivity index (χ3v) is 4.19. The van der Waals surface area contributed by atoms with E-state index in [0.717, 1.165) is 23.4 Å². The van der Waals surface area contributed by atoms with Gasteiger partial charge in [0.2, 0.25) is 0 Å². The van der Waals surface area contributed by atoms with E-state index >= 15 is 0 Å². The second-order valence-corrected chi connectivity index (χ2v) is 6.07. The first kappa shape index (κ1) is 16.8. The van der Waals surface area contributed by atoms with Crippen LogP contribution in [0.4, 0.5) is 8.78 Å². The zero-order valence-electron chi connectivity index (χ0n) is 11.6. The van der Waals surface area contributed by atoms with Gasteiger partial charge in [-0.15, -0.1) is 0 Å². The van der Waals surface area contributed by atoms with Crippen molar-refractivity contribution in [1.29, 1.82) is 0 Å². The number of halogens is 3. The predicted octanol–water partition coefficient (Wildman–Crippen LogP) is 4.28. The lowest BCUT2D eigenvalue weighted by atomic mass is 10.2. The molecule has 0 atom stereocenters. The molecule has 0 saturated heterocycles. The topological polar surface area (TPSA) is 29.1 Å². The third-order valence-electron chi connectivity index (χ3n) is 2.90. The zero-order valence-corrected chi connectivity index (χ0v) is 13.2. The molecule has 1 N–H and O–H groups in total. The number of hydrogen-bond acceptors (Lipinski definition) is 2. The first-order chi connectivity index (χ1) is 10.6. The summed E-state index contributed by atoms with van der Waals surface area (Å²) in [6.45, 7) is 0.338. The van der Waals surface area contributed by atoms with Crippen LogP contribution in [0, 0.1) is 11.6 Å². The molecule has 1 amide bonds. The molecule has 0 radical (unpaired) electrons. The average Bonchev–Trinajstić information content (AvgIpc) is 2.48. The van der Waals surface area contributed by atoms with Gasteiger partial charge in [0.05, 0.1) is 0 Å². The fraction of sp³-hybridized carbons (Fsp3) is 0.188. The maximum Gasteiger partial charge on any atom is 0.257 e. The van der Waals surface area contributed by atoms with Gasteiger partial charge in [-0.1, -0.05) is 29.8 Å². The third kappa shape index (κ3) is 4.71. The minimum Gasteiger partial charge on any atom is -0.351 e. The fourth-order valence-corrected chi connectivity index (χ4v) is 2.76. The summed E-state index contributed by atoms with van der Waals surface area (Å²) in [5.41, 5.74) is 0.589. The molecule has 0 spiro atoms. The van der Waals surface area contributed by atoms with Crippen LogP contribution in [-0.2, 0) is 5.75 Å². The highest BCUT2D eigenvalue weighted by Gasteiger charge is 2.16. The molecular weight excluding hydrogens is 328 g/mol. The van der Waals surface area contributed by atoms with Crippen molar-refractivity contribution in [2.45, 2.75) is 5.75 Å². The molecule has 116 valence electrons. The zero-order chi connectivity index (χ0) is 15.9. The Morgan fingerprint density at radius 1 is 1.09 bits per heavy atom. The minimum absolute atomic E-state index is 0.338. The highest BCUT2D eigenvalue weighted by Crippen LogP contribution is 2.15. The molecule has 0 unspecified atom stereocenters. The molecule has 0 fully saturated rings. The van der Waals surface area contributed by atoms with Gasteiger partial charge in [0.25, 0.3) is 5.91 Å². The van der Waals surface area contributed by atoms with Crippen molar-refractivity contribution in [3.63, 3.8) is 0 Å². The summed E-state index contributed by atoms with van der Waals surface area (Å²) in [7, 11) is 0. The van der Waals surface area contributed by atoms with Gasteiger partial charge < -0.3 is 5.32 Å². The van der Waals surface area contributed by atoms with Crippen LogP contribution in [0.1, 0.15) is 15.9 Å². The Labute approximate surface area is 136 Å². The number of benzene rings is 2. The molecule has 6 heteroatoms. The predicted molar refractivity (Wildman–Crippen MR) is 86.3 cm³/mol. The number of rotatable bonds is 6. The first-order valence-electron chi connectivity index (χ1n) is 6.62. The van der Waals surface area contributed by atoms with Crippen molar-refractivity contribution in [2.75, 3.05) is 12.3 Å². The fourth-order valence-electron chi connectivity index (χ4n) is 1.81. The largest absolute Gasteiger partial charge is 0.351 e. The van der Waals surface area contributed by atoms with Gasteiger partial charge in [0, 0.05) is 23.1 Å². The van der Waals surface area contributed by atoms with Crippen LogP contribution in [0.15, 0.2) is 42.5 Å². The number of carbonyl (C=O) groups excluding carboxylic acids is 1. The van der Waals surface area contributed by atoms with Gasteiger partial charge in [-0.05, 0) is 29.8 Å². The van der Waals surface area contributed by atoms with Crippen LogP contribution in [0.25, 0.3) is 0 Å². The minimum atomic E-state index is -0.855. The maximum atomic E-state index is 13.4. The van der Waals surface area contributed by atoms with Crippen molar-refractivity contribution < 1.29 is 13.6 Å². The highest BCUT2D eigenvalue weighted by atomic mass is 35.5. The second kappa shape index (κ2) is 8.15. The molecule has 0 saturated carbocycles. The number of carbonyl (C=O) groups is 1. The lowest BCUT2D eigenvalue weighted by Gasteiger charge is -2.07. The van der Waals surface area contributed by atoms with Gasteiger partial charge >= 0.3 is 0 Å². The molecule has 0 bridgehead atoms. The second-order valence-electron chi connectivity index (χ2n) is 4.53. The van der Waals surface area contributed by atoms with Gasteiger partial charge in [0.1, 0.15) is 17.2 Å². The van der Waals surface area contributed by atoms with Crippen molar-refractivity contribution in [2.24, 2.45) is 0 Å². The highest BCUT2D eigenvalue weighted by molar-refractivity contribution is 7.98. The average molecular weight is 342 g/mol. The molecule has 0 aliphatic carbocycles. The standard InChI is InChI=1S/C16H14ClF2NOS/c17-12-6-4-11(5-7-12)10-22-9-8-20-16(21)15-13(18)2-1-3-14(15)19/h1-7H,8-10H2,(H,20,21). The lowest BCUT2D eigenvalue weighted by molar-refractivity contribution is 0.0948. The Bertz CT molecular complexity index is 629. The van der Waals surface area contributed by atoms with Crippen LogP contribution < -0.4 is 5.32 Å². The Morgan fingerprint density at radius 3 is 2.36 bits per heavy atom. The van der Waals surface area contributed by atoms with Gasteiger partial charge in [0.15, 0.2) is 0 Å². The van der Waals surface area contributed by atoms with Crippen LogP contribution in [-0.4, -0.2) is 18.2 Å². The molecular formula is C16H14ClF2NOS. The Balaban J connectivity index is 1.74. The van der Waals surface area contributed by atoms with Crippen LogP contribution in [0.2, 0.25) is 5.02 Å². The van der Waals surface area contributed by atoms with E-state index < -0.39 is 23.1 Å². The first-order valence-corrected chi connectivity index (χ1v) is 8.15. The van der Waals surface area contributed by atoms with E-state index in [1.165, 1.54) is 6.07 Å².